The molecule has 0 aliphatic carbocycles. The van der Waals surface area contributed by atoms with Gasteiger partial charge in [0.05, 0.1) is 12.6 Å². The normalized spacial score (nSPS) is 12.3. The number of nitrogens with one attached hydrogen (secondary N) is 1. The van der Waals surface area contributed by atoms with Gasteiger partial charge in [0, 0.05) is 18.7 Å². The van der Waals surface area contributed by atoms with E-state index in [1.807, 2.05) is 49.7 Å². The van der Waals surface area contributed by atoms with Crippen molar-refractivity contribution in [1.29, 1.82) is 0 Å². The lowest BCUT2D eigenvalue weighted by atomic mass is 10.2. The smallest absolute Gasteiger partial charge is 0.244 e. The van der Waals surface area contributed by atoms with Gasteiger partial charge in [-0.15, -0.1) is 10.2 Å². The van der Waals surface area contributed by atoms with Crippen molar-refractivity contribution < 1.29 is 9.53 Å². The molecule has 0 spiro atoms. The molecule has 0 radical (unpaired) electrons. The van der Waals surface area contributed by atoms with Crippen LogP contribution in [0.3, 0.4) is 0 Å². The van der Waals surface area contributed by atoms with E-state index in [-0.39, 0.29) is 12.0 Å². The number of hydrogen-bond donors (Lipinski definition) is 1. The zero-order chi connectivity index (χ0) is 17.5. The minimum atomic E-state index is -0.186. The summed E-state index contributed by atoms with van der Waals surface area (Å²) in [7, 11) is 1.87. The molecule has 0 saturated heterocycles. The van der Waals surface area contributed by atoms with Gasteiger partial charge in [-0.05, 0) is 32.4 Å². The SMILES string of the molecule is CC[C@@H](C)Oc1ccccc1/C=C\C(=O)NCc1nnc(C)n1C. The van der Waals surface area contributed by atoms with Crippen molar-refractivity contribution in [2.45, 2.75) is 39.8 Å². The maximum atomic E-state index is 12.0. The number of hydrogen-bond acceptors (Lipinski definition) is 4. The molecule has 0 unspecified atom stereocenters. The van der Waals surface area contributed by atoms with Crippen LogP contribution in [0.4, 0.5) is 0 Å². The number of aryl methyl sites for hydroxylation is 1. The molecule has 24 heavy (non-hydrogen) atoms. The lowest BCUT2D eigenvalue weighted by molar-refractivity contribution is -0.116. The van der Waals surface area contributed by atoms with Crippen LogP contribution in [0.15, 0.2) is 30.3 Å². The number of rotatable bonds is 7. The largest absolute Gasteiger partial charge is 0.490 e. The zero-order valence-electron chi connectivity index (χ0n) is 14.6. The van der Waals surface area contributed by atoms with Crippen LogP contribution in [0.1, 0.15) is 37.5 Å². The number of aromatic nitrogens is 3. The predicted molar refractivity (Wildman–Crippen MR) is 93.4 cm³/mol. The number of amides is 1. The van der Waals surface area contributed by atoms with Gasteiger partial charge >= 0.3 is 0 Å². The maximum Gasteiger partial charge on any atom is 0.244 e. The number of nitrogens with zero attached hydrogens (tertiary/aromatic N) is 3. The van der Waals surface area contributed by atoms with Crippen LogP contribution in [-0.2, 0) is 18.4 Å². The predicted octanol–water partition coefficient (Wildman–Crippen LogP) is 2.63. The molecule has 0 saturated carbocycles. The quantitative estimate of drug-likeness (QED) is 0.793. The van der Waals surface area contributed by atoms with Gasteiger partial charge in [-0.2, -0.15) is 0 Å². The molecule has 6 nitrogen and oxygen atoms in total. The first-order valence-electron chi connectivity index (χ1n) is 8.07. The molecule has 0 bridgehead atoms. The molecule has 0 aliphatic rings. The van der Waals surface area contributed by atoms with Gasteiger partial charge in [0.25, 0.3) is 0 Å². The Kier molecular flexibility index (Phi) is 6.12. The summed E-state index contributed by atoms with van der Waals surface area (Å²) in [5.74, 6) is 2.12. The van der Waals surface area contributed by atoms with E-state index in [9.17, 15) is 4.79 Å². The molecule has 1 amide bonds. The Bertz CT molecular complexity index is 722. The van der Waals surface area contributed by atoms with Crippen LogP contribution in [0.2, 0.25) is 0 Å². The van der Waals surface area contributed by atoms with Crippen LogP contribution in [0.25, 0.3) is 6.08 Å². The van der Waals surface area contributed by atoms with Gasteiger partial charge in [-0.1, -0.05) is 25.1 Å². The fourth-order valence-electron chi connectivity index (χ4n) is 2.02. The first-order chi connectivity index (χ1) is 11.5. The Morgan fingerprint density at radius 1 is 1.38 bits per heavy atom. The molecule has 2 rings (SSSR count). The maximum absolute atomic E-state index is 12.0. The molecule has 1 heterocycles. The number of carbonyl (C=O) groups is 1. The summed E-state index contributed by atoms with van der Waals surface area (Å²) in [6.45, 7) is 6.30. The average molecular weight is 328 g/mol. The lowest BCUT2D eigenvalue weighted by Crippen LogP contribution is -2.22. The van der Waals surface area contributed by atoms with Crippen molar-refractivity contribution in [2.75, 3.05) is 0 Å². The Hall–Kier alpha value is -2.63. The van der Waals surface area contributed by atoms with E-state index in [2.05, 4.69) is 22.4 Å². The van der Waals surface area contributed by atoms with Gasteiger partial charge in [-0.25, -0.2) is 0 Å². The van der Waals surface area contributed by atoms with Crippen LogP contribution in [-0.4, -0.2) is 26.8 Å². The van der Waals surface area contributed by atoms with E-state index in [0.717, 1.165) is 29.4 Å². The summed E-state index contributed by atoms with van der Waals surface area (Å²) in [4.78, 5) is 12.0. The molecule has 1 aromatic heterocycles. The van der Waals surface area contributed by atoms with Crippen LogP contribution < -0.4 is 10.1 Å². The first-order valence-corrected chi connectivity index (χ1v) is 8.07. The molecule has 0 aliphatic heterocycles. The van der Waals surface area contributed by atoms with Crippen molar-refractivity contribution in [3.63, 3.8) is 0 Å². The second-order valence-electron chi connectivity index (χ2n) is 5.65. The Labute approximate surface area is 142 Å². The standard InChI is InChI=1S/C18H24N4O2/c1-5-13(2)24-16-9-7-6-8-15(16)10-11-18(23)19-12-17-21-20-14(3)22(17)4/h6-11,13H,5,12H2,1-4H3,(H,19,23)/b11-10-/t13-/m1/s1. The summed E-state index contributed by atoms with van der Waals surface area (Å²) < 4.78 is 7.72. The monoisotopic (exact) mass is 328 g/mol. The van der Waals surface area contributed by atoms with Crippen LogP contribution >= 0.6 is 0 Å². The van der Waals surface area contributed by atoms with Crippen molar-refractivity contribution in [3.05, 3.63) is 47.6 Å². The van der Waals surface area contributed by atoms with E-state index in [1.54, 1.807) is 6.08 Å². The van der Waals surface area contributed by atoms with Crippen molar-refractivity contribution >= 4 is 12.0 Å². The summed E-state index contributed by atoms with van der Waals surface area (Å²) >= 11 is 0. The fraction of sp³-hybridized carbons (Fsp3) is 0.389. The van der Waals surface area contributed by atoms with E-state index < -0.39 is 0 Å². The summed E-state index contributed by atoms with van der Waals surface area (Å²) in [6.07, 6.45) is 4.32. The fourth-order valence-corrected chi connectivity index (χ4v) is 2.02. The topological polar surface area (TPSA) is 69.0 Å². The van der Waals surface area contributed by atoms with Crippen LogP contribution in [0, 0.1) is 6.92 Å². The highest BCUT2D eigenvalue weighted by molar-refractivity contribution is 5.92. The Balaban J connectivity index is 1.97. The number of ether oxygens (including phenoxy) is 1. The lowest BCUT2D eigenvalue weighted by Gasteiger charge is -2.14. The highest BCUT2D eigenvalue weighted by Crippen LogP contribution is 2.21. The molecule has 0 fully saturated rings. The van der Waals surface area contributed by atoms with Gasteiger partial charge in [0.15, 0.2) is 5.82 Å². The third-order valence-corrected chi connectivity index (χ3v) is 3.84. The third-order valence-electron chi connectivity index (χ3n) is 3.84. The molecule has 2 aromatic rings. The van der Waals surface area contributed by atoms with E-state index in [0.29, 0.717) is 6.54 Å². The Morgan fingerprint density at radius 2 is 2.12 bits per heavy atom. The highest BCUT2D eigenvalue weighted by atomic mass is 16.5. The first kappa shape index (κ1) is 17.7. The molecule has 6 heteroatoms. The molecule has 1 aromatic carbocycles. The average Bonchev–Trinajstić information content (AvgIpc) is 2.91. The van der Waals surface area contributed by atoms with Crippen molar-refractivity contribution in [1.82, 2.24) is 20.1 Å². The van der Waals surface area contributed by atoms with Gasteiger partial charge < -0.3 is 14.6 Å². The minimum Gasteiger partial charge on any atom is -0.490 e. The molecule has 128 valence electrons. The van der Waals surface area contributed by atoms with Crippen molar-refractivity contribution in [2.24, 2.45) is 7.05 Å². The number of benzene rings is 1. The van der Waals surface area contributed by atoms with Gasteiger partial charge in [0.1, 0.15) is 11.6 Å². The van der Waals surface area contributed by atoms with Gasteiger partial charge in [0.2, 0.25) is 5.91 Å². The highest BCUT2D eigenvalue weighted by Gasteiger charge is 2.07. The number of para-hydroxylation sites is 1. The molecular formula is C18H24N4O2. The van der Waals surface area contributed by atoms with E-state index in [4.69, 9.17) is 4.74 Å². The molecule has 1 atom stereocenters. The van der Waals surface area contributed by atoms with E-state index in [1.165, 1.54) is 6.08 Å². The molecule has 1 N–H and O–H groups in total. The van der Waals surface area contributed by atoms with Gasteiger partial charge in [-0.3, -0.25) is 4.79 Å². The van der Waals surface area contributed by atoms with E-state index >= 15 is 0 Å². The summed E-state index contributed by atoms with van der Waals surface area (Å²) in [6, 6.07) is 7.68. The Morgan fingerprint density at radius 3 is 2.79 bits per heavy atom. The second-order valence-corrected chi connectivity index (χ2v) is 5.65. The zero-order valence-corrected chi connectivity index (χ0v) is 14.6. The summed E-state index contributed by atoms with van der Waals surface area (Å²) in [5.41, 5.74) is 0.877. The third kappa shape index (κ3) is 4.68. The number of carbonyl (C=O) groups excluding carboxylic acids is 1. The van der Waals surface area contributed by atoms with Crippen molar-refractivity contribution in [3.8, 4) is 5.75 Å². The molecular weight excluding hydrogens is 304 g/mol. The summed E-state index contributed by atoms with van der Waals surface area (Å²) in [5, 5.41) is 10.8. The minimum absolute atomic E-state index is 0.132. The second kappa shape index (κ2) is 8.29. The van der Waals surface area contributed by atoms with Crippen LogP contribution in [0.5, 0.6) is 5.75 Å².